The lowest BCUT2D eigenvalue weighted by Gasteiger charge is -2.19. The molecule has 0 aromatic heterocycles. The van der Waals surface area contributed by atoms with Crippen molar-refractivity contribution < 1.29 is 9.90 Å². The number of benzene rings is 3. The van der Waals surface area contributed by atoms with Crippen LogP contribution in [0.25, 0.3) is 0 Å². The van der Waals surface area contributed by atoms with E-state index in [1.807, 2.05) is 25.1 Å². The molecule has 1 heterocycles. The molecule has 0 atom stereocenters. The van der Waals surface area contributed by atoms with Gasteiger partial charge in [0.15, 0.2) is 0 Å². The lowest BCUT2D eigenvalue weighted by Crippen LogP contribution is -2.12. The van der Waals surface area contributed by atoms with E-state index in [2.05, 4.69) is 23.5 Å². The van der Waals surface area contributed by atoms with E-state index in [-0.39, 0.29) is 18.1 Å². The van der Waals surface area contributed by atoms with Gasteiger partial charge in [0, 0.05) is 46.9 Å². The number of nitrogen functional groups attached to an aromatic ring is 1. The van der Waals surface area contributed by atoms with Crippen LogP contribution in [-0.4, -0.2) is 17.6 Å². The lowest BCUT2D eigenvalue weighted by molar-refractivity contribution is -0.117. The molecule has 1 amide bonds. The van der Waals surface area contributed by atoms with Crippen molar-refractivity contribution in [3.8, 4) is 5.75 Å². The molecule has 1 aliphatic heterocycles. The van der Waals surface area contributed by atoms with Gasteiger partial charge < -0.3 is 21.9 Å². The summed E-state index contributed by atoms with van der Waals surface area (Å²) in [5, 5.41) is 14.1. The second-order valence-corrected chi connectivity index (χ2v) is 9.01. The van der Waals surface area contributed by atoms with Crippen molar-refractivity contribution in [2.45, 2.75) is 39.0 Å². The fraction of sp³-hybridized carbons (Fsp3) is 0.269. The first-order chi connectivity index (χ1) is 15.7. The normalized spacial score (nSPS) is 12.2. The zero-order valence-corrected chi connectivity index (χ0v) is 20.1. The molecule has 0 bridgehead atoms. The summed E-state index contributed by atoms with van der Waals surface area (Å²) >= 11 is 12.5. The number of anilines is 2. The predicted octanol–water partition coefficient (Wildman–Crippen LogP) is 5.64. The molecule has 6 N–H and O–H groups in total. The van der Waals surface area contributed by atoms with E-state index >= 15 is 0 Å². The number of amides is 1. The summed E-state index contributed by atoms with van der Waals surface area (Å²) in [7, 11) is 0. The van der Waals surface area contributed by atoms with Crippen LogP contribution in [0.5, 0.6) is 5.75 Å². The maximum Gasteiger partial charge on any atom is 0.217 e. The Kier molecular flexibility index (Phi) is 8.48. The summed E-state index contributed by atoms with van der Waals surface area (Å²) in [5.41, 5.74) is 17.9. The van der Waals surface area contributed by atoms with Crippen molar-refractivity contribution in [2.24, 2.45) is 5.73 Å². The highest BCUT2D eigenvalue weighted by molar-refractivity contribution is 6.36. The Hall–Kier alpha value is -2.89. The van der Waals surface area contributed by atoms with Gasteiger partial charge >= 0.3 is 0 Å². The highest BCUT2D eigenvalue weighted by Gasteiger charge is 2.11. The maximum atomic E-state index is 10.6. The summed E-state index contributed by atoms with van der Waals surface area (Å²) < 4.78 is 0. The smallest absolute Gasteiger partial charge is 0.217 e. The first kappa shape index (κ1) is 24.7. The number of hydrogen-bond donors (Lipinski definition) is 4. The Balaban J connectivity index is 0.000000196. The Labute approximate surface area is 204 Å². The van der Waals surface area contributed by atoms with E-state index in [9.17, 15) is 9.90 Å². The van der Waals surface area contributed by atoms with Gasteiger partial charge in [0.25, 0.3) is 0 Å². The zero-order chi connectivity index (χ0) is 24.0. The molecule has 7 heteroatoms. The van der Waals surface area contributed by atoms with Crippen molar-refractivity contribution in [2.75, 3.05) is 17.6 Å². The summed E-state index contributed by atoms with van der Waals surface area (Å²) in [5.74, 6) is -0.209. The van der Waals surface area contributed by atoms with Crippen LogP contribution in [0.15, 0.2) is 48.5 Å². The molecule has 0 aliphatic carbocycles. The molecule has 0 radical (unpaired) electrons. The van der Waals surface area contributed by atoms with Crippen LogP contribution in [0.2, 0.25) is 10.0 Å². The highest BCUT2D eigenvalue weighted by Crippen LogP contribution is 2.29. The quantitative estimate of drug-likeness (QED) is 0.351. The van der Waals surface area contributed by atoms with Crippen LogP contribution in [0.1, 0.15) is 40.7 Å². The fourth-order valence-corrected chi connectivity index (χ4v) is 4.49. The average Bonchev–Trinajstić information content (AvgIpc) is 2.76. The number of hydrogen-bond acceptors (Lipinski definition) is 4. The molecule has 1 aliphatic rings. The SMILES string of the molecule is Cc1cc(O)cc(N)c1CCC(N)=O.Clc1cccc(Cl)c1Cc1ccc2c(c1)CCCN2. The summed E-state index contributed by atoms with van der Waals surface area (Å²) in [6, 6.07) is 15.3. The van der Waals surface area contributed by atoms with Gasteiger partial charge in [-0.2, -0.15) is 0 Å². The topological polar surface area (TPSA) is 101 Å². The van der Waals surface area contributed by atoms with Crippen LogP contribution >= 0.6 is 23.2 Å². The van der Waals surface area contributed by atoms with Gasteiger partial charge in [-0.3, -0.25) is 4.79 Å². The van der Waals surface area contributed by atoms with E-state index in [0.29, 0.717) is 12.1 Å². The molecule has 3 aromatic carbocycles. The molecule has 4 rings (SSSR count). The second-order valence-electron chi connectivity index (χ2n) is 8.20. The van der Waals surface area contributed by atoms with Gasteiger partial charge in [-0.25, -0.2) is 0 Å². The predicted molar refractivity (Wildman–Crippen MR) is 137 cm³/mol. The van der Waals surface area contributed by atoms with Gasteiger partial charge in [0.1, 0.15) is 5.75 Å². The summed E-state index contributed by atoms with van der Waals surface area (Å²) in [6.07, 6.45) is 3.92. The Morgan fingerprint density at radius 3 is 2.48 bits per heavy atom. The van der Waals surface area contributed by atoms with E-state index in [4.69, 9.17) is 34.7 Å². The molecule has 0 fully saturated rings. The number of carbonyl (C=O) groups excluding carboxylic acids is 1. The molecular formula is C26H29Cl2N3O2. The third-order valence-electron chi connectivity index (χ3n) is 5.66. The Morgan fingerprint density at radius 2 is 1.82 bits per heavy atom. The van der Waals surface area contributed by atoms with Crippen molar-refractivity contribution >= 4 is 40.5 Å². The molecule has 0 saturated heterocycles. The van der Waals surface area contributed by atoms with E-state index in [0.717, 1.165) is 46.1 Å². The number of aryl methyl sites for hydroxylation is 2. The number of phenols is 1. The number of nitrogens with two attached hydrogens (primary N) is 2. The molecule has 174 valence electrons. The molecule has 33 heavy (non-hydrogen) atoms. The van der Waals surface area contributed by atoms with Gasteiger partial charge in [0.05, 0.1) is 0 Å². The van der Waals surface area contributed by atoms with E-state index < -0.39 is 0 Å². The molecule has 5 nitrogen and oxygen atoms in total. The van der Waals surface area contributed by atoms with Crippen molar-refractivity contribution in [3.05, 3.63) is 86.4 Å². The van der Waals surface area contributed by atoms with Gasteiger partial charge in [-0.1, -0.05) is 41.4 Å². The van der Waals surface area contributed by atoms with Crippen LogP contribution in [0, 0.1) is 6.92 Å². The van der Waals surface area contributed by atoms with Crippen LogP contribution in [0.4, 0.5) is 11.4 Å². The number of halogens is 2. The Bertz CT molecular complexity index is 1110. The molecular weight excluding hydrogens is 457 g/mol. The number of nitrogens with one attached hydrogen (secondary N) is 1. The van der Waals surface area contributed by atoms with Crippen LogP contribution < -0.4 is 16.8 Å². The minimum atomic E-state index is -0.350. The number of aromatic hydroxyl groups is 1. The number of phenolic OH excluding ortho intramolecular Hbond substituents is 1. The van der Waals surface area contributed by atoms with E-state index in [1.54, 1.807) is 6.07 Å². The monoisotopic (exact) mass is 485 g/mol. The van der Waals surface area contributed by atoms with Crippen LogP contribution in [-0.2, 0) is 24.1 Å². The number of primary amides is 1. The maximum absolute atomic E-state index is 10.6. The third kappa shape index (κ3) is 6.80. The highest BCUT2D eigenvalue weighted by atomic mass is 35.5. The average molecular weight is 486 g/mol. The standard InChI is InChI=1S/C16H15Cl2N.C10H14N2O2/c17-14-4-1-5-15(18)13(14)10-11-6-7-16-12(9-11)3-2-8-19-16;1-6-4-7(13)5-9(11)8(6)2-3-10(12)14/h1,4-7,9,19H,2-3,8,10H2;4-5,13H,2-3,11H2,1H3,(H2,12,14). The minimum Gasteiger partial charge on any atom is -0.508 e. The van der Waals surface area contributed by atoms with Crippen molar-refractivity contribution in [1.82, 2.24) is 0 Å². The van der Waals surface area contributed by atoms with E-state index in [1.165, 1.54) is 29.3 Å². The van der Waals surface area contributed by atoms with Crippen molar-refractivity contribution in [3.63, 3.8) is 0 Å². The fourth-order valence-electron chi connectivity index (χ4n) is 3.96. The second kappa shape index (κ2) is 11.3. The molecule has 0 saturated carbocycles. The van der Waals surface area contributed by atoms with Gasteiger partial charge in [-0.15, -0.1) is 0 Å². The summed E-state index contributed by atoms with van der Waals surface area (Å²) in [6.45, 7) is 2.91. The van der Waals surface area contributed by atoms with Crippen molar-refractivity contribution in [1.29, 1.82) is 0 Å². The third-order valence-corrected chi connectivity index (χ3v) is 6.37. The largest absolute Gasteiger partial charge is 0.508 e. The Morgan fingerprint density at radius 1 is 1.09 bits per heavy atom. The van der Waals surface area contributed by atoms with Gasteiger partial charge in [0.2, 0.25) is 5.91 Å². The molecule has 0 unspecified atom stereocenters. The number of rotatable bonds is 5. The van der Waals surface area contributed by atoms with Crippen LogP contribution in [0.3, 0.4) is 0 Å². The summed E-state index contributed by atoms with van der Waals surface area (Å²) in [4.78, 5) is 10.6. The number of carbonyl (C=O) groups is 1. The zero-order valence-electron chi connectivity index (χ0n) is 18.6. The van der Waals surface area contributed by atoms with Gasteiger partial charge in [-0.05, 0) is 78.3 Å². The number of fused-ring (bicyclic) bond motifs is 1. The minimum absolute atomic E-state index is 0.142. The first-order valence-corrected chi connectivity index (χ1v) is 11.6. The first-order valence-electron chi connectivity index (χ1n) is 10.9. The molecule has 3 aromatic rings. The lowest BCUT2D eigenvalue weighted by atomic mass is 9.97. The molecule has 0 spiro atoms.